The van der Waals surface area contributed by atoms with Crippen molar-refractivity contribution in [1.82, 2.24) is 4.98 Å². The van der Waals surface area contributed by atoms with Crippen LogP contribution in [0, 0.1) is 27.7 Å². The highest BCUT2D eigenvalue weighted by Gasteiger charge is 2.12. The lowest BCUT2D eigenvalue weighted by molar-refractivity contribution is 0.102. The summed E-state index contributed by atoms with van der Waals surface area (Å²) in [6, 6.07) is 14.9. The van der Waals surface area contributed by atoms with Gasteiger partial charge in [-0.1, -0.05) is 17.7 Å². The van der Waals surface area contributed by atoms with Crippen LogP contribution >= 0.6 is 0 Å². The number of pyridine rings is 1. The van der Waals surface area contributed by atoms with Gasteiger partial charge in [0.05, 0.1) is 5.56 Å². The van der Waals surface area contributed by atoms with Crippen molar-refractivity contribution in [2.75, 3.05) is 11.1 Å². The summed E-state index contributed by atoms with van der Waals surface area (Å²) in [5.74, 6) is 1.49. The van der Waals surface area contributed by atoms with Crippen LogP contribution in [0.15, 0.2) is 48.5 Å². The van der Waals surface area contributed by atoms with Gasteiger partial charge in [0.15, 0.2) is 0 Å². The van der Waals surface area contributed by atoms with Crippen LogP contribution in [0.1, 0.15) is 32.7 Å². The fraction of sp³-hybridized carbons (Fsp3) is 0.182. The van der Waals surface area contributed by atoms with E-state index in [0.717, 1.165) is 22.6 Å². The second-order valence-electron chi connectivity index (χ2n) is 6.69. The minimum absolute atomic E-state index is 0.220. The number of nitrogens with two attached hydrogens (primary N) is 1. The summed E-state index contributed by atoms with van der Waals surface area (Å²) in [6.45, 7) is 7.96. The molecule has 3 N–H and O–H groups in total. The molecule has 27 heavy (non-hydrogen) atoms. The van der Waals surface area contributed by atoms with Crippen LogP contribution in [0.4, 0.5) is 11.5 Å². The molecule has 3 aromatic rings. The maximum absolute atomic E-state index is 12.4. The first-order valence-corrected chi connectivity index (χ1v) is 8.74. The van der Waals surface area contributed by atoms with Gasteiger partial charge in [0, 0.05) is 11.4 Å². The fourth-order valence-corrected chi connectivity index (χ4v) is 3.02. The van der Waals surface area contributed by atoms with Crippen molar-refractivity contribution in [2.24, 2.45) is 0 Å². The lowest BCUT2D eigenvalue weighted by atomic mass is 10.1. The Bertz CT molecular complexity index is 972. The summed E-state index contributed by atoms with van der Waals surface area (Å²) in [5, 5.41) is 2.83. The predicted octanol–water partition coefficient (Wildman–Crippen LogP) is 4.94. The number of aryl methyl sites for hydroxylation is 4. The van der Waals surface area contributed by atoms with Crippen molar-refractivity contribution in [1.29, 1.82) is 0 Å². The van der Waals surface area contributed by atoms with E-state index in [0.29, 0.717) is 17.0 Å². The lowest BCUT2D eigenvalue weighted by Crippen LogP contribution is -2.15. The molecule has 5 heteroatoms. The minimum Gasteiger partial charge on any atom is -0.457 e. The molecular formula is C22H23N3O2. The summed E-state index contributed by atoms with van der Waals surface area (Å²) >= 11 is 0. The van der Waals surface area contributed by atoms with Gasteiger partial charge in [-0.05, 0) is 75.2 Å². The quantitative estimate of drug-likeness (QED) is 0.690. The van der Waals surface area contributed by atoms with E-state index in [9.17, 15) is 4.79 Å². The van der Waals surface area contributed by atoms with Crippen LogP contribution in [0.5, 0.6) is 11.5 Å². The fourth-order valence-electron chi connectivity index (χ4n) is 3.02. The first-order chi connectivity index (χ1) is 12.8. The standard InChI is InChI=1S/C22H23N3O2/c1-13-11-14(2)20(15(3)12-13)27-18-8-6-17(7-9-18)25-22(26)19-10-5-16(4)24-21(19)23/h5-12H,1-4H3,(H2,23,24)(H,25,26). The predicted molar refractivity (Wildman–Crippen MR) is 109 cm³/mol. The van der Waals surface area contributed by atoms with Crippen molar-refractivity contribution in [3.05, 3.63) is 76.5 Å². The van der Waals surface area contributed by atoms with Gasteiger partial charge in [-0.3, -0.25) is 4.79 Å². The van der Waals surface area contributed by atoms with Crippen molar-refractivity contribution >= 4 is 17.4 Å². The normalized spacial score (nSPS) is 10.5. The molecule has 1 amide bonds. The van der Waals surface area contributed by atoms with Crippen molar-refractivity contribution in [2.45, 2.75) is 27.7 Å². The Kier molecular flexibility index (Phi) is 5.12. The molecule has 0 saturated heterocycles. The summed E-state index contributed by atoms with van der Waals surface area (Å²) in [4.78, 5) is 16.5. The van der Waals surface area contributed by atoms with Crippen LogP contribution in [0.25, 0.3) is 0 Å². The zero-order chi connectivity index (χ0) is 19.6. The summed E-state index contributed by atoms with van der Waals surface area (Å²) < 4.78 is 6.03. The van der Waals surface area contributed by atoms with Gasteiger partial charge in [-0.25, -0.2) is 4.98 Å². The average Bonchev–Trinajstić information content (AvgIpc) is 2.59. The smallest absolute Gasteiger partial charge is 0.259 e. The molecule has 0 fully saturated rings. The number of hydrogen-bond acceptors (Lipinski definition) is 4. The largest absolute Gasteiger partial charge is 0.457 e. The Morgan fingerprint density at radius 3 is 2.19 bits per heavy atom. The molecule has 0 saturated carbocycles. The van der Waals surface area contributed by atoms with E-state index < -0.39 is 0 Å². The van der Waals surface area contributed by atoms with Crippen LogP contribution in [-0.4, -0.2) is 10.9 Å². The summed E-state index contributed by atoms with van der Waals surface area (Å²) in [7, 11) is 0. The molecular weight excluding hydrogens is 338 g/mol. The molecule has 3 rings (SSSR count). The highest BCUT2D eigenvalue weighted by Crippen LogP contribution is 2.30. The molecule has 0 aliphatic heterocycles. The molecule has 0 spiro atoms. The SMILES string of the molecule is Cc1cc(C)c(Oc2ccc(NC(=O)c3ccc(C)nc3N)cc2)c(C)c1. The van der Waals surface area contributed by atoms with Crippen LogP contribution in [0.3, 0.4) is 0 Å². The molecule has 5 nitrogen and oxygen atoms in total. The van der Waals surface area contributed by atoms with Crippen LogP contribution in [0.2, 0.25) is 0 Å². The first kappa shape index (κ1) is 18.5. The van der Waals surface area contributed by atoms with Gasteiger partial charge in [0.25, 0.3) is 5.91 Å². The molecule has 2 aromatic carbocycles. The Hall–Kier alpha value is -3.34. The van der Waals surface area contributed by atoms with Gasteiger partial charge in [-0.2, -0.15) is 0 Å². The Morgan fingerprint density at radius 2 is 1.59 bits per heavy atom. The number of hydrogen-bond donors (Lipinski definition) is 2. The number of rotatable bonds is 4. The number of benzene rings is 2. The van der Waals surface area contributed by atoms with E-state index in [1.807, 2.05) is 32.9 Å². The monoisotopic (exact) mass is 361 g/mol. The van der Waals surface area contributed by atoms with E-state index in [1.165, 1.54) is 5.56 Å². The molecule has 0 aliphatic carbocycles. The van der Waals surface area contributed by atoms with Gasteiger partial charge in [0.2, 0.25) is 0 Å². The van der Waals surface area contributed by atoms with Gasteiger partial charge in [-0.15, -0.1) is 0 Å². The zero-order valence-corrected chi connectivity index (χ0v) is 16.0. The van der Waals surface area contributed by atoms with Crippen LogP contribution < -0.4 is 15.8 Å². The van der Waals surface area contributed by atoms with Gasteiger partial charge in [0.1, 0.15) is 17.3 Å². The molecule has 0 bridgehead atoms. The summed E-state index contributed by atoms with van der Waals surface area (Å²) in [5.41, 5.74) is 11.0. The average molecular weight is 361 g/mol. The maximum Gasteiger partial charge on any atom is 0.259 e. The van der Waals surface area contributed by atoms with Crippen molar-refractivity contribution < 1.29 is 9.53 Å². The number of amides is 1. The third kappa shape index (κ3) is 4.26. The molecule has 1 aromatic heterocycles. The van der Waals surface area contributed by atoms with E-state index in [-0.39, 0.29) is 11.7 Å². The third-order valence-electron chi connectivity index (χ3n) is 4.25. The lowest BCUT2D eigenvalue weighted by Gasteiger charge is -2.13. The molecule has 0 atom stereocenters. The number of carbonyl (C=O) groups excluding carboxylic acids is 1. The molecule has 0 unspecified atom stereocenters. The zero-order valence-electron chi connectivity index (χ0n) is 16.0. The van der Waals surface area contributed by atoms with E-state index in [1.54, 1.807) is 24.3 Å². The minimum atomic E-state index is -0.293. The number of nitrogens with one attached hydrogen (secondary N) is 1. The van der Waals surface area contributed by atoms with Crippen molar-refractivity contribution in [3.63, 3.8) is 0 Å². The second kappa shape index (κ2) is 7.50. The van der Waals surface area contributed by atoms with E-state index in [4.69, 9.17) is 10.5 Å². The second-order valence-corrected chi connectivity index (χ2v) is 6.69. The molecule has 0 aliphatic rings. The first-order valence-electron chi connectivity index (χ1n) is 8.74. The topological polar surface area (TPSA) is 77.2 Å². The number of anilines is 2. The Balaban J connectivity index is 1.73. The third-order valence-corrected chi connectivity index (χ3v) is 4.25. The molecule has 0 radical (unpaired) electrons. The number of ether oxygens (including phenoxy) is 1. The maximum atomic E-state index is 12.4. The van der Waals surface area contributed by atoms with Crippen LogP contribution in [-0.2, 0) is 0 Å². The summed E-state index contributed by atoms with van der Waals surface area (Å²) in [6.07, 6.45) is 0. The highest BCUT2D eigenvalue weighted by atomic mass is 16.5. The van der Waals surface area contributed by atoms with Crippen molar-refractivity contribution in [3.8, 4) is 11.5 Å². The number of aromatic nitrogens is 1. The number of carbonyl (C=O) groups is 1. The van der Waals surface area contributed by atoms with Gasteiger partial charge < -0.3 is 15.8 Å². The Morgan fingerprint density at radius 1 is 0.963 bits per heavy atom. The molecule has 138 valence electrons. The van der Waals surface area contributed by atoms with E-state index >= 15 is 0 Å². The highest BCUT2D eigenvalue weighted by molar-refractivity contribution is 6.07. The number of nitrogens with zero attached hydrogens (tertiary/aromatic N) is 1. The Labute approximate surface area is 159 Å². The van der Waals surface area contributed by atoms with Gasteiger partial charge >= 0.3 is 0 Å². The number of nitrogen functional groups attached to an aromatic ring is 1. The van der Waals surface area contributed by atoms with E-state index in [2.05, 4.69) is 29.4 Å². The molecule has 1 heterocycles.